The van der Waals surface area contributed by atoms with Gasteiger partial charge in [-0.2, -0.15) is 0 Å². The van der Waals surface area contributed by atoms with Gasteiger partial charge in [0.25, 0.3) is 0 Å². The van der Waals surface area contributed by atoms with E-state index >= 15 is 0 Å². The van der Waals surface area contributed by atoms with E-state index in [0.29, 0.717) is 10.6 Å². The molecular formula is C14H21Cl2FN2. The molecule has 0 radical (unpaired) electrons. The van der Waals surface area contributed by atoms with Crippen LogP contribution in [-0.4, -0.2) is 31.1 Å². The first-order chi connectivity index (χ1) is 8.74. The number of rotatable bonds is 4. The minimum atomic E-state index is -0.181. The SMILES string of the molecule is CCC[C@H](c1c(F)cccc1Cl)N1CCNCC1.Cl. The van der Waals surface area contributed by atoms with Gasteiger partial charge in [-0.3, -0.25) is 4.90 Å². The third-order valence-corrected chi connectivity index (χ3v) is 3.82. The standard InChI is InChI=1S/C14H20ClFN2.ClH/c1-2-4-13(18-9-7-17-8-10-18)14-11(15)5-3-6-12(14)16;/h3,5-6,13,17H,2,4,7-10H2,1H3;1H/t13-;/m1./s1. The fourth-order valence-corrected chi connectivity index (χ4v) is 2.89. The molecule has 0 spiro atoms. The van der Waals surface area contributed by atoms with Crippen LogP contribution >= 0.6 is 24.0 Å². The van der Waals surface area contributed by atoms with Gasteiger partial charge in [0.1, 0.15) is 5.82 Å². The van der Waals surface area contributed by atoms with Gasteiger partial charge >= 0.3 is 0 Å². The highest BCUT2D eigenvalue weighted by Gasteiger charge is 2.25. The van der Waals surface area contributed by atoms with Crippen LogP contribution in [0.15, 0.2) is 18.2 Å². The average Bonchev–Trinajstić information content (AvgIpc) is 2.38. The van der Waals surface area contributed by atoms with E-state index in [0.717, 1.165) is 39.0 Å². The lowest BCUT2D eigenvalue weighted by atomic mass is 9.99. The largest absolute Gasteiger partial charge is 0.314 e. The van der Waals surface area contributed by atoms with Crippen molar-refractivity contribution in [3.63, 3.8) is 0 Å². The smallest absolute Gasteiger partial charge is 0.129 e. The predicted octanol–water partition coefficient (Wildman–Crippen LogP) is 3.65. The molecule has 1 aliphatic heterocycles. The van der Waals surface area contributed by atoms with Crippen molar-refractivity contribution in [2.24, 2.45) is 0 Å². The summed E-state index contributed by atoms with van der Waals surface area (Å²) in [6.07, 6.45) is 1.97. The Morgan fingerprint density at radius 1 is 1.37 bits per heavy atom. The molecule has 0 aromatic heterocycles. The zero-order valence-electron chi connectivity index (χ0n) is 11.2. The van der Waals surface area contributed by atoms with Crippen LogP contribution in [0.3, 0.4) is 0 Å². The Morgan fingerprint density at radius 3 is 2.63 bits per heavy atom. The second kappa shape index (κ2) is 8.05. The van der Waals surface area contributed by atoms with Gasteiger partial charge in [0, 0.05) is 42.8 Å². The minimum Gasteiger partial charge on any atom is -0.314 e. The van der Waals surface area contributed by atoms with E-state index in [1.54, 1.807) is 12.1 Å². The Morgan fingerprint density at radius 2 is 2.05 bits per heavy atom. The molecule has 1 atom stereocenters. The van der Waals surface area contributed by atoms with E-state index in [2.05, 4.69) is 17.1 Å². The normalized spacial score (nSPS) is 17.8. The van der Waals surface area contributed by atoms with E-state index in [9.17, 15) is 4.39 Å². The topological polar surface area (TPSA) is 15.3 Å². The molecule has 1 aliphatic rings. The van der Waals surface area contributed by atoms with Crippen LogP contribution in [0.5, 0.6) is 0 Å². The van der Waals surface area contributed by atoms with Gasteiger partial charge in [-0.25, -0.2) is 4.39 Å². The molecule has 0 aliphatic carbocycles. The van der Waals surface area contributed by atoms with Crippen molar-refractivity contribution >= 4 is 24.0 Å². The molecule has 1 N–H and O–H groups in total. The van der Waals surface area contributed by atoms with Crippen LogP contribution in [0.2, 0.25) is 5.02 Å². The summed E-state index contributed by atoms with van der Waals surface area (Å²) in [5, 5.41) is 3.87. The summed E-state index contributed by atoms with van der Waals surface area (Å²) in [6.45, 7) is 5.97. The maximum absolute atomic E-state index is 14.1. The lowest BCUT2D eigenvalue weighted by Gasteiger charge is -2.35. The van der Waals surface area contributed by atoms with E-state index in [-0.39, 0.29) is 24.3 Å². The molecule has 1 aromatic carbocycles. The van der Waals surface area contributed by atoms with Crippen LogP contribution < -0.4 is 5.32 Å². The van der Waals surface area contributed by atoms with Crippen LogP contribution in [0.4, 0.5) is 4.39 Å². The van der Waals surface area contributed by atoms with Crippen LogP contribution in [0, 0.1) is 5.82 Å². The highest BCUT2D eigenvalue weighted by molar-refractivity contribution is 6.31. The van der Waals surface area contributed by atoms with Crippen molar-refractivity contribution in [3.05, 3.63) is 34.6 Å². The first-order valence-electron chi connectivity index (χ1n) is 6.62. The fourth-order valence-electron chi connectivity index (χ4n) is 2.61. The van der Waals surface area contributed by atoms with Gasteiger partial charge in [0.2, 0.25) is 0 Å². The summed E-state index contributed by atoms with van der Waals surface area (Å²) in [6, 6.07) is 5.06. The molecule has 2 nitrogen and oxygen atoms in total. The third-order valence-electron chi connectivity index (χ3n) is 3.49. The Kier molecular flexibility index (Phi) is 7.08. The average molecular weight is 307 g/mol. The van der Waals surface area contributed by atoms with E-state index in [1.807, 2.05) is 0 Å². The molecule has 0 bridgehead atoms. The van der Waals surface area contributed by atoms with Gasteiger partial charge in [-0.15, -0.1) is 12.4 Å². The zero-order valence-corrected chi connectivity index (χ0v) is 12.7. The summed E-state index contributed by atoms with van der Waals surface area (Å²) < 4.78 is 14.1. The fraction of sp³-hybridized carbons (Fsp3) is 0.571. The Labute approximate surface area is 125 Å². The summed E-state index contributed by atoms with van der Waals surface area (Å²) in [5.74, 6) is -0.181. The lowest BCUT2D eigenvalue weighted by molar-refractivity contribution is 0.161. The Balaban J connectivity index is 0.00000180. The number of hydrogen-bond acceptors (Lipinski definition) is 2. The van der Waals surface area contributed by atoms with Crippen LogP contribution in [0.25, 0.3) is 0 Å². The molecule has 0 amide bonds. The summed E-state index contributed by atoms with van der Waals surface area (Å²) in [4.78, 5) is 2.34. The molecule has 0 unspecified atom stereocenters. The molecule has 1 saturated heterocycles. The number of benzene rings is 1. The monoisotopic (exact) mass is 306 g/mol. The lowest BCUT2D eigenvalue weighted by Crippen LogP contribution is -2.45. The zero-order chi connectivity index (χ0) is 13.0. The van der Waals surface area contributed by atoms with Crippen LogP contribution in [-0.2, 0) is 0 Å². The van der Waals surface area contributed by atoms with Crippen molar-refractivity contribution < 1.29 is 4.39 Å². The highest BCUT2D eigenvalue weighted by Crippen LogP contribution is 2.33. The Hall–Kier alpha value is -0.350. The van der Waals surface area contributed by atoms with Gasteiger partial charge in [-0.1, -0.05) is 31.0 Å². The van der Waals surface area contributed by atoms with Crippen molar-refractivity contribution in [2.45, 2.75) is 25.8 Å². The molecule has 108 valence electrons. The van der Waals surface area contributed by atoms with Crippen molar-refractivity contribution in [3.8, 4) is 0 Å². The first kappa shape index (κ1) is 16.7. The molecule has 1 fully saturated rings. The van der Waals surface area contributed by atoms with Crippen molar-refractivity contribution in [2.75, 3.05) is 26.2 Å². The number of nitrogens with one attached hydrogen (secondary N) is 1. The number of piperazine rings is 1. The number of halogens is 3. The Bertz CT molecular complexity index is 375. The molecule has 1 heterocycles. The van der Waals surface area contributed by atoms with Gasteiger partial charge in [0.05, 0.1) is 0 Å². The van der Waals surface area contributed by atoms with Gasteiger partial charge < -0.3 is 5.32 Å². The molecule has 19 heavy (non-hydrogen) atoms. The highest BCUT2D eigenvalue weighted by atomic mass is 35.5. The molecular weight excluding hydrogens is 286 g/mol. The van der Waals surface area contributed by atoms with E-state index < -0.39 is 0 Å². The first-order valence-corrected chi connectivity index (χ1v) is 7.00. The maximum atomic E-state index is 14.1. The van der Waals surface area contributed by atoms with E-state index in [1.165, 1.54) is 6.07 Å². The van der Waals surface area contributed by atoms with Crippen molar-refractivity contribution in [1.29, 1.82) is 0 Å². The minimum absolute atomic E-state index is 0. The van der Waals surface area contributed by atoms with Crippen molar-refractivity contribution in [1.82, 2.24) is 10.2 Å². The predicted molar refractivity (Wildman–Crippen MR) is 80.7 cm³/mol. The van der Waals surface area contributed by atoms with Gasteiger partial charge in [-0.05, 0) is 18.6 Å². The third kappa shape index (κ3) is 4.06. The molecule has 1 aromatic rings. The number of hydrogen-bond donors (Lipinski definition) is 1. The summed E-state index contributed by atoms with van der Waals surface area (Å²) in [7, 11) is 0. The second-order valence-corrected chi connectivity index (χ2v) is 5.13. The summed E-state index contributed by atoms with van der Waals surface area (Å²) in [5.41, 5.74) is 0.669. The maximum Gasteiger partial charge on any atom is 0.129 e. The summed E-state index contributed by atoms with van der Waals surface area (Å²) >= 11 is 6.20. The molecule has 0 saturated carbocycles. The van der Waals surface area contributed by atoms with Gasteiger partial charge in [0.15, 0.2) is 0 Å². The van der Waals surface area contributed by atoms with Crippen LogP contribution in [0.1, 0.15) is 31.4 Å². The van der Waals surface area contributed by atoms with E-state index in [4.69, 9.17) is 11.6 Å². The molecule has 5 heteroatoms. The molecule has 2 rings (SSSR count). The number of nitrogens with zero attached hydrogens (tertiary/aromatic N) is 1. The second-order valence-electron chi connectivity index (χ2n) is 4.73. The quantitative estimate of drug-likeness (QED) is 0.913.